The molecule has 2 aromatic carbocycles. The van der Waals surface area contributed by atoms with Gasteiger partial charge in [0.1, 0.15) is 23.4 Å². The molecule has 2 aromatic rings. The number of hydrogen-bond donors (Lipinski definition) is 3. The van der Waals surface area contributed by atoms with E-state index in [2.05, 4.69) is 0 Å². The molecule has 0 amide bonds. The first-order chi connectivity index (χ1) is 11.0. The van der Waals surface area contributed by atoms with E-state index in [0.717, 1.165) is 24.0 Å². The van der Waals surface area contributed by atoms with E-state index >= 15 is 0 Å². The van der Waals surface area contributed by atoms with Crippen LogP contribution in [-0.2, 0) is 6.42 Å². The smallest absolute Gasteiger partial charge is 0.160 e. The Hall–Kier alpha value is -2.56. The summed E-state index contributed by atoms with van der Waals surface area (Å²) in [5, 5.41) is 29.8. The molecule has 3 N–H and O–H groups in total. The van der Waals surface area contributed by atoms with Crippen LogP contribution in [0.2, 0.25) is 0 Å². The van der Waals surface area contributed by atoms with Gasteiger partial charge in [-0.05, 0) is 37.0 Å². The van der Waals surface area contributed by atoms with Gasteiger partial charge in [0, 0.05) is 23.1 Å². The topological polar surface area (TPSA) is 79.2 Å². The molecule has 0 bridgehead atoms. The maximum Gasteiger partial charge on any atom is 0.160 e. The van der Waals surface area contributed by atoms with Crippen LogP contribution in [0.15, 0.2) is 30.3 Å². The Labute approximate surface area is 133 Å². The molecule has 2 aliphatic rings. The predicted octanol–water partition coefficient (Wildman–Crippen LogP) is 3.27. The summed E-state index contributed by atoms with van der Waals surface area (Å²) in [4.78, 5) is 0. The van der Waals surface area contributed by atoms with Gasteiger partial charge in [-0.3, -0.25) is 0 Å². The molecule has 1 saturated carbocycles. The summed E-state index contributed by atoms with van der Waals surface area (Å²) in [6.07, 6.45) is 2.49. The largest absolute Gasteiger partial charge is 0.508 e. The third-order valence-corrected chi connectivity index (χ3v) is 4.90. The molecule has 5 heteroatoms. The number of ether oxygens (including phenoxy) is 2. The molecule has 23 heavy (non-hydrogen) atoms. The monoisotopic (exact) mass is 314 g/mol. The highest BCUT2D eigenvalue weighted by molar-refractivity contribution is 5.53. The summed E-state index contributed by atoms with van der Waals surface area (Å²) in [6.45, 7) is 0. The van der Waals surface area contributed by atoms with Gasteiger partial charge in [-0.15, -0.1) is 0 Å². The molecule has 1 fully saturated rings. The molecule has 5 nitrogen and oxygen atoms in total. The molecule has 1 unspecified atom stereocenters. The molecular formula is C18H18O5. The Balaban J connectivity index is 1.76. The van der Waals surface area contributed by atoms with Crippen molar-refractivity contribution in [3.63, 3.8) is 0 Å². The van der Waals surface area contributed by atoms with Crippen LogP contribution in [0, 0.1) is 5.41 Å². The van der Waals surface area contributed by atoms with E-state index in [1.807, 2.05) is 6.07 Å². The lowest BCUT2D eigenvalue weighted by molar-refractivity contribution is 0.0952. The number of rotatable bonds is 2. The highest BCUT2D eigenvalue weighted by Crippen LogP contribution is 2.63. The molecule has 1 spiro atoms. The number of hydrogen-bond acceptors (Lipinski definition) is 5. The first-order valence-electron chi connectivity index (χ1n) is 7.61. The minimum Gasteiger partial charge on any atom is -0.508 e. The average Bonchev–Trinajstić information content (AvgIpc) is 3.28. The molecule has 1 aliphatic heterocycles. The second-order valence-electron chi connectivity index (χ2n) is 6.41. The zero-order valence-corrected chi connectivity index (χ0v) is 12.7. The van der Waals surface area contributed by atoms with Crippen molar-refractivity contribution < 1.29 is 24.8 Å². The first-order valence-corrected chi connectivity index (χ1v) is 7.61. The highest BCUT2D eigenvalue weighted by Gasteiger charge is 2.54. The van der Waals surface area contributed by atoms with Gasteiger partial charge in [-0.1, -0.05) is 6.07 Å². The summed E-state index contributed by atoms with van der Waals surface area (Å²) in [5.74, 6) is 1.05. The van der Waals surface area contributed by atoms with Crippen LogP contribution in [0.5, 0.6) is 28.7 Å². The molecule has 1 aliphatic carbocycles. The van der Waals surface area contributed by atoms with Gasteiger partial charge in [0.15, 0.2) is 11.5 Å². The zero-order valence-electron chi connectivity index (χ0n) is 12.7. The Morgan fingerprint density at radius 3 is 2.52 bits per heavy atom. The summed E-state index contributed by atoms with van der Waals surface area (Å²) < 4.78 is 11.2. The van der Waals surface area contributed by atoms with Crippen LogP contribution in [0.3, 0.4) is 0 Å². The van der Waals surface area contributed by atoms with E-state index in [1.165, 1.54) is 19.2 Å². The highest BCUT2D eigenvalue weighted by atomic mass is 16.5. The zero-order chi connectivity index (χ0) is 16.2. The molecule has 120 valence electrons. The van der Waals surface area contributed by atoms with Crippen LogP contribution in [-0.4, -0.2) is 22.4 Å². The number of fused-ring (bicyclic) bond motifs is 1. The van der Waals surface area contributed by atoms with Crippen LogP contribution >= 0.6 is 0 Å². The van der Waals surface area contributed by atoms with Crippen LogP contribution < -0.4 is 9.47 Å². The van der Waals surface area contributed by atoms with Gasteiger partial charge >= 0.3 is 0 Å². The Bertz CT molecular complexity index is 779. The fourth-order valence-electron chi connectivity index (χ4n) is 3.49. The van der Waals surface area contributed by atoms with Crippen molar-refractivity contribution in [3.8, 4) is 28.7 Å². The van der Waals surface area contributed by atoms with E-state index in [-0.39, 0.29) is 28.8 Å². The molecule has 4 rings (SSSR count). The fourth-order valence-corrected chi connectivity index (χ4v) is 3.49. The van der Waals surface area contributed by atoms with E-state index < -0.39 is 0 Å². The van der Waals surface area contributed by atoms with Crippen molar-refractivity contribution >= 4 is 0 Å². The van der Waals surface area contributed by atoms with Crippen molar-refractivity contribution in [2.75, 3.05) is 7.11 Å². The Morgan fingerprint density at radius 1 is 1.09 bits per heavy atom. The minimum atomic E-state index is -0.215. The summed E-state index contributed by atoms with van der Waals surface area (Å²) in [7, 11) is 1.51. The van der Waals surface area contributed by atoms with Crippen molar-refractivity contribution in [2.24, 2.45) is 5.41 Å². The number of phenolic OH excluding ortho intramolecular Hbond substituents is 3. The third-order valence-electron chi connectivity index (χ3n) is 4.90. The SMILES string of the molecule is COc1ccc(C2Oc3cc(O)cc(O)c3CC23CC3)cc1O. The lowest BCUT2D eigenvalue weighted by Gasteiger charge is -2.34. The Morgan fingerprint density at radius 2 is 1.87 bits per heavy atom. The van der Waals surface area contributed by atoms with E-state index in [9.17, 15) is 15.3 Å². The first kappa shape index (κ1) is 14.1. The number of phenols is 3. The van der Waals surface area contributed by atoms with Gasteiger partial charge < -0.3 is 24.8 Å². The van der Waals surface area contributed by atoms with Crippen molar-refractivity contribution in [1.82, 2.24) is 0 Å². The molecule has 0 radical (unpaired) electrons. The van der Waals surface area contributed by atoms with Crippen molar-refractivity contribution in [1.29, 1.82) is 0 Å². The van der Waals surface area contributed by atoms with Crippen LogP contribution in [0.25, 0.3) is 0 Å². The molecule has 0 aromatic heterocycles. The normalized spacial score (nSPS) is 20.7. The fraction of sp³-hybridized carbons (Fsp3) is 0.333. The van der Waals surface area contributed by atoms with Crippen LogP contribution in [0.4, 0.5) is 0 Å². The Kier molecular flexibility index (Phi) is 2.88. The van der Waals surface area contributed by atoms with Gasteiger partial charge in [0.05, 0.1) is 7.11 Å². The summed E-state index contributed by atoms with van der Waals surface area (Å²) in [6, 6.07) is 8.15. The standard InChI is InChI=1S/C18H18O5/c1-22-15-3-2-10(6-14(15)21)17-18(4-5-18)9-12-13(20)7-11(19)8-16(12)23-17/h2-3,6-8,17,19-21H,4-5,9H2,1H3. The van der Waals surface area contributed by atoms with Gasteiger partial charge in [-0.25, -0.2) is 0 Å². The maximum atomic E-state index is 10.1. The third kappa shape index (κ3) is 2.15. The number of benzene rings is 2. The minimum absolute atomic E-state index is 0.0238. The summed E-state index contributed by atoms with van der Waals surface area (Å²) in [5.41, 5.74) is 1.56. The maximum absolute atomic E-state index is 10.1. The van der Waals surface area contributed by atoms with E-state index in [0.29, 0.717) is 17.9 Å². The molecule has 0 saturated heterocycles. The second-order valence-corrected chi connectivity index (χ2v) is 6.41. The van der Waals surface area contributed by atoms with Crippen LogP contribution in [0.1, 0.15) is 30.1 Å². The molecular weight excluding hydrogens is 296 g/mol. The summed E-state index contributed by atoms with van der Waals surface area (Å²) >= 11 is 0. The lowest BCUT2D eigenvalue weighted by Crippen LogP contribution is -2.27. The van der Waals surface area contributed by atoms with E-state index in [4.69, 9.17) is 9.47 Å². The van der Waals surface area contributed by atoms with Gasteiger partial charge in [0.2, 0.25) is 0 Å². The lowest BCUT2D eigenvalue weighted by atomic mass is 9.83. The average molecular weight is 314 g/mol. The van der Waals surface area contributed by atoms with Gasteiger partial charge in [0.25, 0.3) is 0 Å². The predicted molar refractivity (Wildman–Crippen MR) is 83.2 cm³/mol. The van der Waals surface area contributed by atoms with Crippen molar-refractivity contribution in [2.45, 2.75) is 25.4 Å². The van der Waals surface area contributed by atoms with E-state index in [1.54, 1.807) is 12.1 Å². The molecule has 1 heterocycles. The number of aromatic hydroxyl groups is 3. The van der Waals surface area contributed by atoms with Gasteiger partial charge in [-0.2, -0.15) is 0 Å². The second kappa shape index (κ2) is 4.72. The quantitative estimate of drug-likeness (QED) is 0.793. The molecule has 1 atom stereocenters. The number of methoxy groups -OCH3 is 1. The van der Waals surface area contributed by atoms with Crippen molar-refractivity contribution in [3.05, 3.63) is 41.5 Å².